The molecule has 0 fully saturated rings. The standard InChI is InChI=1S/C50H32N2O/c1-2-13-36-31-39(29-25-33(36)11-1)51(45-20-9-14-35-12-3-4-15-40(35)45)38-27-23-34(24-28-38)37-26-30-47-44(32-37)41-16-5-7-19-46(41)52(47)48-21-10-18-43-42-17-6-8-22-49(42)53-50(43)48/h1-32H. The first-order valence-electron chi connectivity index (χ1n) is 18.1. The predicted octanol–water partition coefficient (Wildman–Crippen LogP) is 14.1. The predicted molar refractivity (Wildman–Crippen MR) is 223 cm³/mol. The van der Waals surface area contributed by atoms with Gasteiger partial charge >= 0.3 is 0 Å². The van der Waals surface area contributed by atoms with E-state index in [0.29, 0.717) is 0 Å². The highest BCUT2D eigenvalue weighted by Gasteiger charge is 2.19. The molecule has 2 aromatic heterocycles. The van der Waals surface area contributed by atoms with E-state index in [1.807, 2.05) is 12.1 Å². The second-order valence-corrected chi connectivity index (χ2v) is 13.7. The van der Waals surface area contributed by atoms with Crippen LogP contribution < -0.4 is 4.90 Å². The van der Waals surface area contributed by atoms with E-state index in [4.69, 9.17) is 4.42 Å². The first-order valence-corrected chi connectivity index (χ1v) is 18.1. The Morgan fingerprint density at radius 3 is 1.91 bits per heavy atom. The molecule has 53 heavy (non-hydrogen) atoms. The molecule has 9 aromatic carbocycles. The second kappa shape index (κ2) is 11.7. The molecule has 0 atom stereocenters. The molecular weight excluding hydrogens is 645 g/mol. The van der Waals surface area contributed by atoms with E-state index >= 15 is 0 Å². The van der Waals surface area contributed by atoms with Crippen LogP contribution in [0.3, 0.4) is 0 Å². The SMILES string of the molecule is c1ccc2cc(N(c3ccc(-c4ccc5c(c4)c4ccccc4n5-c4cccc5c4oc4ccccc45)cc3)c3cccc4ccccc34)ccc2c1. The van der Waals surface area contributed by atoms with Gasteiger partial charge < -0.3 is 13.9 Å². The molecule has 0 aliphatic rings. The average Bonchev–Trinajstić information content (AvgIpc) is 3.77. The summed E-state index contributed by atoms with van der Waals surface area (Å²) in [5.41, 5.74) is 10.9. The van der Waals surface area contributed by atoms with Crippen LogP contribution in [0, 0.1) is 0 Å². The zero-order chi connectivity index (χ0) is 34.9. The lowest BCUT2D eigenvalue weighted by molar-refractivity contribution is 0.666. The summed E-state index contributed by atoms with van der Waals surface area (Å²) in [6, 6.07) is 69.8. The molecular formula is C50H32N2O. The quantitative estimate of drug-likeness (QED) is 0.181. The molecule has 0 aliphatic carbocycles. The number of para-hydroxylation sites is 3. The van der Waals surface area contributed by atoms with Crippen molar-refractivity contribution < 1.29 is 4.42 Å². The molecule has 11 rings (SSSR count). The molecule has 0 unspecified atom stereocenters. The van der Waals surface area contributed by atoms with Crippen molar-refractivity contribution in [3.05, 3.63) is 194 Å². The third kappa shape index (κ3) is 4.68. The Labute approximate surface area is 306 Å². The first-order chi connectivity index (χ1) is 26.3. The van der Waals surface area contributed by atoms with Crippen LogP contribution in [0.15, 0.2) is 199 Å². The molecule has 0 spiro atoms. The van der Waals surface area contributed by atoms with Crippen molar-refractivity contribution in [1.29, 1.82) is 0 Å². The van der Waals surface area contributed by atoms with Gasteiger partial charge in [0.15, 0.2) is 5.58 Å². The molecule has 3 nitrogen and oxygen atoms in total. The summed E-state index contributed by atoms with van der Waals surface area (Å²) < 4.78 is 8.87. The number of aromatic nitrogens is 1. The lowest BCUT2D eigenvalue weighted by atomic mass is 10.0. The van der Waals surface area contributed by atoms with Gasteiger partial charge in [-0.1, -0.05) is 133 Å². The summed E-state index contributed by atoms with van der Waals surface area (Å²) in [4.78, 5) is 2.38. The number of nitrogens with zero attached hydrogens (tertiary/aromatic N) is 2. The fraction of sp³-hybridized carbons (Fsp3) is 0. The number of hydrogen-bond acceptors (Lipinski definition) is 2. The molecule has 0 saturated carbocycles. The Bertz CT molecular complexity index is 3180. The van der Waals surface area contributed by atoms with Crippen molar-refractivity contribution in [2.75, 3.05) is 4.90 Å². The molecule has 0 amide bonds. The van der Waals surface area contributed by atoms with Gasteiger partial charge in [0.2, 0.25) is 0 Å². The van der Waals surface area contributed by atoms with Crippen LogP contribution in [0.1, 0.15) is 0 Å². The van der Waals surface area contributed by atoms with Gasteiger partial charge in [0, 0.05) is 38.3 Å². The largest absolute Gasteiger partial charge is 0.454 e. The summed E-state index contributed by atoms with van der Waals surface area (Å²) in [6.07, 6.45) is 0. The molecule has 0 N–H and O–H groups in total. The third-order valence-electron chi connectivity index (χ3n) is 10.8. The van der Waals surface area contributed by atoms with Crippen molar-refractivity contribution in [3.63, 3.8) is 0 Å². The molecule has 2 heterocycles. The van der Waals surface area contributed by atoms with Crippen molar-refractivity contribution in [2.45, 2.75) is 0 Å². The highest BCUT2D eigenvalue weighted by molar-refractivity contribution is 6.13. The second-order valence-electron chi connectivity index (χ2n) is 13.7. The van der Waals surface area contributed by atoms with E-state index in [-0.39, 0.29) is 0 Å². The fourth-order valence-corrected chi connectivity index (χ4v) is 8.27. The van der Waals surface area contributed by atoms with Gasteiger partial charge in [-0.2, -0.15) is 0 Å². The Balaban J connectivity index is 1.05. The maximum absolute atomic E-state index is 6.51. The van der Waals surface area contributed by atoms with Gasteiger partial charge in [-0.05, 0) is 87.9 Å². The molecule has 248 valence electrons. The van der Waals surface area contributed by atoms with Crippen LogP contribution >= 0.6 is 0 Å². The number of rotatable bonds is 5. The van der Waals surface area contributed by atoms with Crippen LogP contribution in [0.4, 0.5) is 17.1 Å². The minimum atomic E-state index is 0.901. The number of furan rings is 1. The summed E-state index contributed by atoms with van der Waals surface area (Å²) in [5, 5.41) is 9.57. The highest BCUT2D eigenvalue weighted by atomic mass is 16.3. The molecule has 0 saturated heterocycles. The molecule has 3 heteroatoms. The van der Waals surface area contributed by atoms with Gasteiger partial charge in [-0.25, -0.2) is 0 Å². The normalized spacial score (nSPS) is 11.8. The minimum Gasteiger partial charge on any atom is -0.454 e. The van der Waals surface area contributed by atoms with Gasteiger partial charge in [-0.3, -0.25) is 0 Å². The Hall–Kier alpha value is -7.10. The van der Waals surface area contributed by atoms with Crippen LogP contribution in [0.2, 0.25) is 0 Å². The highest BCUT2D eigenvalue weighted by Crippen LogP contribution is 2.42. The van der Waals surface area contributed by atoms with Gasteiger partial charge in [0.25, 0.3) is 0 Å². The smallest absolute Gasteiger partial charge is 0.159 e. The van der Waals surface area contributed by atoms with E-state index in [2.05, 4.69) is 191 Å². The van der Waals surface area contributed by atoms with Crippen LogP contribution in [0.5, 0.6) is 0 Å². The Morgan fingerprint density at radius 1 is 0.377 bits per heavy atom. The summed E-state index contributed by atoms with van der Waals surface area (Å²) >= 11 is 0. The third-order valence-corrected chi connectivity index (χ3v) is 10.8. The van der Waals surface area contributed by atoms with Crippen LogP contribution in [0.25, 0.3) is 82.1 Å². The molecule has 0 bridgehead atoms. The molecule has 0 aliphatic heterocycles. The molecule has 11 aromatic rings. The monoisotopic (exact) mass is 676 g/mol. The van der Waals surface area contributed by atoms with Crippen LogP contribution in [-0.4, -0.2) is 4.57 Å². The summed E-state index contributed by atoms with van der Waals surface area (Å²) in [7, 11) is 0. The van der Waals surface area contributed by atoms with Crippen molar-refractivity contribution in [3.8, 4) is 16.8 Å². The van der Waals surface area contributed by atoms with E-state index < -0.39 is 0 Å². The fourth-order valence-electron chi connectivity index (χ4n) is 8.27. The Morgan fingerprint density at radius 2 is 1.02 bits per heavy atom. The Kier molecular flexibility index (Phi) is 6.55. The lowest BCUT2D eigenvalue weighted by Gasteiger charge is -2.27. The van der Waals surface area contributed by atoms with E-state index in [0.717, 1.165) is 55.7 Å². The number of benzene rings is 9. The van der Waals surface area contributed by atoms with E-state index in [1.54, 1.807) is 0 Å². The van der Waals surface area contributed by atoms with E-state index in [1.165, 1.54) is 43.4 Å². The number of anilines is 3. The topological polar surface area (TPSA) is 21.3 Å². The maximum atomic E-state index is 6.51. The zero-order valence-corrected chi connectivity index (χ0v) is 28.8. The van der Waals surface area contributed by atoms with Gasteiger partial charge in [-0.15, -0.1) is 0 Å². The van der Waals surface area contributed by atoms with Crippen LogP contribution in [-0.2, 0) is 0 Å². The lowest BCUT2D eigenvalue weighted by Crippen LogP contribution is -2.10. The summed E-state index contributed by atoms with van der Waals surface area (Å²) in [6.45, 7) is 0. The van der Waals surface area contributed by atoms with Crippen molar-refractivity contribution in [1.82, 2.24) is 4.57 Å². The molecule has 0 radical (unpaired) electrons. The minimum absolute atomic E-state index is 0.901. The zero-order valence-electron chi connectivity index (χ0n) is 28.8. The van der Waals surface area contributed by atoms with E-state index in [9.17, 15) is 0 Å². The summed E-state index contributed by atoms with van der Waals surface area (Å²) in [5.74, 6) is 0. The average molecular weight is 677 g/mol. The number of hydrogen-bond donors (Lipinski definition) is 0. The first kappa shape index (κ1) is 29.6. The number of fused-ring (bicyclic) bond motifs is 8. The van der Waals surface area contributed by atoms with Crippen molar-refractivity contribution >= 4 is 82.4 Å². The maximum Gasteiger partial charge on any atom is 0.159 e. The van der Waals surface area contributed by atoms with Crippen molar-refractivity contribution in [2.24, 2.45) is 0 Å². The van der Waals surface area contributed by atoms with Gasteiger partial charge in [0.05, 0.1) is 22.4 Å². The van der Waals surface area contributed by atoms with Gasteiger partial charge in [0.1, 0.15) is 5.58 Å².